The highest BCUT2D eigenvalue weighted by Gasteiger charge is 2.15. The number of benzene rings is 1. The van der Waals surface area contributed by atoms with Gasteiger partial charge in [-0.2, -0.15) is 0 Å². The number of hydrogen-bond acceptors (Lipinski definition) is 3. The number of nitrogens with two attached hydrogens (primary N) is 1. The first-order valence-corrected chi connectivity index (χ1v) is 6.41. The first kappa shape index (κ1) is 13.0. The van der Waals surface area contributed by atoms with Gasteiger partial charge < -0.3 is 5.73 Å². The summed E-state index contributed by atoms with van der Waals surface area (Å²) in [6.45, 7) is 4.48. The maximum Gasteiger partial charge on any atom is 0.169 e. The Hall–Kier alpha value is -1.43. The van der Waals surface area contributed by atoms with Crippen LogP contribution in [0.5, 0.6) is 0 Å². The Labute approximate surface area is 113 Å². The Bertz CT molecular complexity index is 565. The number of nitrogens with zero attached hydrogens (tertiary/aromatic N) is 3. The standard InChI is InChI=1S/C12H14BrFN4/c1-7(2)11-12(15)16-17-18(11)6-8-5-9(14)3-4-10(8)13/h3-5,7H,6,15H2,1-2H3. The Kier molecular flexibility index (Phi) is 3.65. The van der Waals surface area contributed by atoms with E-state index in [0.29, 0.717) is 12.4 Å². The van der Waals surface area contributed by atoms with Gasteiger partial charge in [-0.3, -0.25) is 0 Å². The Morgan fingerprint density at radius 1 is 1.44 bits per heavy atom. The second-order valence-electron chi connectivity index (χ2n) is 4.41. The van der Waals surface area contributed by atoms with Crippen LogP contribution in [0.3, 0.4) is 0 Å². The van der Waals surface area contributed by atoms with Crippen molar-refractivity contribution in [2.75, 3.05) is 5.73 Å². The summed E-state index contributed by atoms with van der Waals surface area (Å²) < 4.78 is 15.8. The quantitative estimate of drug-likeness (QED) is 0.948. The molecule has 0 unspecified atom stereocenters. The van der Waals surface area contributed by atoms with E-state index in [1.54, 1.807) is 10.7 Å². The van der Waals surface area contributed by atoms with Crippen molar-refractivity contribution in [3.8, 4) is 0 Å². The average Bonchev–Trinajstić information content (AvgIpc) is 2.65. The highest BCUT2D eigenvalue weighted by atomic mass is 79.9. The smallest absolute Gasteiger partial charge is 0.169 e. The van der Waals surface area contributed by atoms with Crippen LogP contribution in [-0.4, -0.2) is 15.0 Å². The van der Waals surface area contributed by atoms with E-state index in [1.807, 2.05) is 13.8 Å². The van der Waals surface area contributed by atoms with Crippen LogP contribution in [0.4, 0.5) is 10.2 Å². The summed E-state index contributed by atoms with van der Waals surface area (Å²) in [5.41, 5.74) is 7.46. The van der Waals surface area contributed by atoms with Crippen molar-refractivity contribution in [2.45, 2.75) is 26.3 Å². The molecular weight excluding hydrogens is 299 g/mol. The van der Waals surface area contributed by atoms with E-state index in [4.69, 9.17) is 5.73 Å². The molecule has 0 saturated heterocycles. The molecule has 0 fully saturated rings. The van der Waals surface area contributed by atoms with Gasteiger partial charge in [0.05, 0.1) is 12.2 Å². The Balaban J connectivity index is 2.37. The second kappa shape index (κ2) is 5.06. The monoisotopic (exact) mass is 312 g/mol. The summed E-state index contributed by atoms with van der Waals surface area (Å²) in [7, 11) is 0. The van der Waals surface area contributed by atoms with Gasteiger partial charge in [0.1, 0.15) is 5.82 Å². The number of nitrogen functional groups attached to an aromatic ring is 1. The number of anilines is 1. The van der Waals surface area contributed by atoms with Crippen molar-refractivity contribution < 1.29 is 4.39 Å². The van der Waals surface area contributed by atoms with Crippen LogP contribution in [0.1, 0.15) is 31.0 Å². The fourth-order valence-corrected chi connectivity index (χ4v) is 2.24. The molecule has 4 nitrogen and oxygen atoms in total. The molecule has 2 aromatic rings. The first-order valence-electron chi connectivity index (χ1n) is 5.62. The van der Waals surface area contributed by atoms with Crippen LogP contribution in [0, 0.1) is 5.82 Å². The van der Waals surface area contributed by atoms with Crippen molar-refractivity contribution in [2.24, 2.45) is 0 Å². The van der Waals surface area contributed by atoms with E-state index >= 15 is 0 Å². The third-order valence-corrected chi connectivity index (χ3v) is 3.45. The van der Waals surface area contributed by atoms with E-state index in [9.17, 15) is 4.39 Å². The Morgan fingerprint density at radius 3 is 2.83 bits per heavy atom. The second-order valence-corrected chi connectivity index (χ2v) is 5.26. The van der Waals surface area contributed by atoms with E-state index in [-0.39, 0.29) is 11.7 Å². The zero-order valence-electron chi connectivity index (χ0n) is 10.2. The van der Waals surface area contributed by atoms with Crippen molar-refractivity contribution in [1.29, 1.82) is 0 Å². The molecule has 2 rings (SSSR count). The summed E-state index contributed by atoms with van der Waals surface area (Å²) in [5.74, 6) is 0.372. The number of halogens is 2. The number of hydrogen-bond donors (Lipinski definition) is 1. The van der Waals surface area contributed by atoms with Crippen LogP contribution in [0.2, 0.25) is 0 Å². The molecule has 0 atom stereocenters. The molecule has 1 aromatic heterocycles. The minimum atomic E-state index is -0.271. The van der Waals surface area contributed by atoms with Gasteiger partial charge in [0.2, 0.25) is 0 Å². The van der Waals surface area contributed by atoms with Crippen molar-refractivity contribution >= 4 is 21.7 Å². The summed E-state index contributed by atoms with van der Waals surface area (Å²) >= 11 is 3.40. The van der Waals surface area contributed by atoms with E-state index < -0.39 is 0 Å². The summed E-state index contributed by atoms with van der Waals surface area (Å²) in [4.78, 5) is 0. The summed E-state index contributed by atoms with van der Waals surface area (Å²) in [6, 6.07) is 4.57. The fourth-order valence-electron chi connectivity index (χ4n) is 1.87. The molecule has 0 radical (unpaired) electrons. The molecule has 6 heteroatoms. The SMILES string of the molecule is CC(C)c1c(N)nnn1Cc1cc(F)ccc1Br. The molecule has 0 aliphatic rings. The van der Waals surface area contributed by atoms with E-state index in [1.165, 1.54) is 12.1 Å². The third kappa shape index (κ3) is 2.53. The van der Waals surface area contributed by atoms with Crippen molar-refractivity contribution in [1.82, 2.24) is 15.0 Å². The van der Waals surface area contributed by atoms with Crippen LogP contribution >= 0.6 is 15.9 Å². The van der Waals surface area contributed by atoms with Crippen LogP contribution < -0.4 is 5.73 Å². The highest BCUT2D eigenvalue weighted by molar-refractivity contribution is 9.10. The molecule has 1 heterocycles. The lowest BCUT2D eigenvalue weighted by atomic mass is 10.1. The van der Waals surface area contributed by atoms with Gasteiger partial charge in [0.25, 0.3) is 0 Å². The molecule has 18 heavy (non-hydrogen) atoms. The van der Waals surface area contributed by atoms with Crippen molar-refractivity contribution in [3.05, 3.63) is 39.7 Å². The van der Waals surface area contributed by atoms with Crippen molar-refractivity contribution in [3.63, 3.8) is 0 Å². The molecule has 0 saturated carbocycles. The van der Waals surface area contributed by atoms with Gasteiger partial charge in [-0.05, 0) is 29.7 Å². The van der Waals surface area contributed by atoms with Gasteiger partial charge in [-0.1, -0.05) is 35.0 Å². The molecule has 0 bridgehead atoms. The van der Waals surface area contributed by atoms with Crippen LogP contribution in [0.25, 0.3) is 0 Å². The third-order valence-electron chi connectivity index (χ3n) is 2.68. The zero-order valence-corrected chi connectivity index (χ0v) is 11.8. The maximum absolute atomic E-state index is 13.2. The lowest BCUT2D eigenvalue weighted by Crippen LogP contribution is -2.09. The van der Waals surface area contributed by atoms with Gasteiger partial charge in [0, 0.05) is 4.47 Å². The van der Waals surface area contributed by atoms with E-state index in [2.05, 4.69) is 26.2 Å². The predicted octanol–water partition coefficient (Wildman–Crippen LogP) is 2.93. The minimum Gasteiger partial charge on any atom is -0.381 e. The van der Waals surface area contributed by atoms with Crippen LogP contribution in [0.15, 0.2) is 22.7 Å². The summed E-state index contributed by atoms with van der Waals surface area (Å²) in [5, 5.41) is 7.87. The molecule has 96 valence electrons. The van der Waals surface area contributed by atoms with E-state index in [0.717, 1.165) is 15.7 Å². The highest BCUT2D eigenvalue weighted by Crippen LogP contribution is 2.23. The van der Waals surface area contributed by atoms with Crippen LogP contribution in [-0.2, 0) is 6.54 Å². The lowest BCUT2D eigenvalue weighted by molar-refractivity contribution is 0.587. The molecule has 0 aliphatic heterocycles. The first-order chi connectivity index (χ1) is 8.49. The van der Waals surface area contributed by atoms with Gasteiger partial charge in [0.15, 0.2) is 5.82 Å². The molecule has 2 N–H and O–H groups in total. The number of aromatic nitrogens is 3. The normalized spacial score (nSPS) is 11.2. The fraction of sp³-hybridized carbons (Fsp3) is 0.333. The maximum atomic E-state index is 13.2. The largest absolute Gasteiger partial charge is 0.381 e. The molecular formula is C12H14BrFN4. The Morgan fingerprint density at radius 2 is 2.17 bits per heavy atom. The van der Waals surface area contributed by atoms with Gasteiger partial charge >= 0.3 is 0 Å². The molecule has 0 aliphatic carbocycles. The molecule has 0 spiro atoms. The average molecular weight is 313 g/mol. The molecule has 0 amide bonds. The molecule has 1 aromatic carbocycles. The number of rotatable bonds is 3. The summed E-state index contributed by atoms with van der Waals surface area (Å²) in [6.07, 6.45) is 0. The lowest BCUT2D eigenvalue weighted by Gasteiger charge is -2.10. The topological polar surface area (TPSA) is 56.7 Å². The minimum absolute atomic E-state index is 0.215. The van der Waals surface area contributed by atoms with Gasteiger partial charge in [-0.15, -0.1) is 5.10 Å². The zero-order chi connectivity index (χ0) is 13.3. The predicted molar refractivity (Wildman–Crippen MR) is 71.7 cm³/mol. The van der Waals surface area contributed by atoms with Gasteiger partial charge in [-0.25, -0.2) is 9.07 Å².